The van der Waals surface area contributed by atoms with Crippen molar-refractivity contribution < 1.29 is 4.74 Å². The Bertz CT molecular complexity index is 501. The Morgan fingerprint density at radius 3 is 2.69 bits per heavy atom. The number of nitrogen functional groups attached to an aromatic ring is 1. The van der Waals surface area contributed by atoms with E-state index in [1.807, 2.05) is 6.92 Å². The Morgan fingerprint density at radius 2 is 2.06 bits per heavy atom. The Kier molecular flexibility index (Phi) is 3.15. The van der Waals surface area contributed by atoms with Crippen molar-refractivity contribution in [3.63, 3.8) is 0 Å². The summed E-state index contributed by atoms with van der Waals surface area (Å²) in [6, 6.07) is 0.191. The molecule has 0 saturated carbocycles. The molecule has 0 aliphatic rings. The lowest BCUT2D eigenvalue weighted by molar-refractivity contribution is 0.374. The van der Waals surface area contributed by atoms with Gasteiger partial charge in [0, 0.05) is 0 Å². The fourth-order valence-corrected chi connectivity index (χ4v) is 2.56. The van der Waals surface area contributed by atoms with E-state index in [4.69, 9.17) is 10.5 Å². The molecule has 2 rings (SSSR count). The minimum atomic E-state index is 0.121. The second kappa shape index (κ2) is 4.58. The van der Waals surface area contributed by atoms with Crippen LogP contribution in [0.5, 0.6) is 6.01 Å². The van der Waals surface area contributed by atoms with Gasteiger partial charge in [-0.05, 0) is 18.7 Å². The number of aromatic nitrogens is 5. The second-order valence-corrected chi connectivity index (χ2v) is 5.05. The van der Waals surface area contributed by atoms with Crippen LogP contribution in [0.25, 0.3) is 0 Å². The molecule has 2 N–H and O–H groups in total. The van der Waals surface area contributed by atoms with Crippen LogP contribution < -0.4 is 10.5 Å². The van der Waals surface area contributed by atoms with Crippen LogP contribution in [0.2, 0.25) is 0 Å². The highest BCUT2D eigenvalue weighted by Crippen LogP contribution is 2.28. The molecule has 0 aliphatic carbocycles. The number of hydrogen-bond donors (Lipinski definition) is 1. The van der Waals surface area contributed by atoms with E-state index in [2.05, 4.69) is 25.1 Å². The molecule has 9 heteroatoms. The molecule has 2 aromatic rings. The predicted molar refractivity (Wildman–Crippen MR) is 59.6 cm³/mol. The summed E-state index contributed by atoms with van der Waals surface area (Å²) in [4.78, 5) is 11.8. The monoisotopic (exact) mass is 256 g/mol. The standard InChI is InChI=1S/C7H8N6OS2/c1-3-12-13-7(15-3)16-6-10-4(8)9-5(11-6)14-2/h1-2H3,(H2,8,9,10,11). The number of aryl methyl sites for hydroxylation is 1. The van der Waals surface area contributed by atoms with Gasteiger partial charge in [0.2, 0.25) is 11.1 Å². The molecule has 0 saturated heterocycles. The third kappa shape index (κ3) is 2.55. The molecule has 7 nitrogen and oxygen atoms in total. The first-order valence-corrected chi connectivity index (χ1v) is 5.84. The Hall–Kier alpha value is -1.48. The van der Waals surface area contributed by atoms with Gasteiger partial charge in [0.1, 0.15) is 5.01 Å². The van der Waals surface area contributed by atoms with Crippen LogP contribution >= 0.6 is 23.1 Å². The van der Waals surface area contributed by atoms with Gasteiger partial charge in [-0.15, -0.1) is 10.2 Å². The number of nitrogens with two attached hydrogens (primary N) is 1. The van der Waals surface area contributed by atoms with E-state index in [0.717, 1.165) is 9.35 Å². The first-order valence-electron chi connectivity index (χ1n) is 4.21. The van der Waals surface area contributed by atoms with Crippen LogP contribution in [0.15, 0.2) is 9.50 Å². The Labute approximate surface area is 99.5 Å². The third-order valence-electron chi connectivity index (χ3n) is 1.48. The van der Waals surface area contributed by atoms with Gasteiger partial charge >= 0.3 is 6.01 Å². The molecule has 0 atom stereocenters. The van der Waals surface area contributed by atoms with Gasteiger partial charge in [0.05, 0.1) is 7.11 Å². The molecule has 0 bridgehead atoms. The highest BCUT2D eigenvalue weighted by Gasteiger charge is 2.09. The molecule has 0 radical (unpaired) electrons. The molecule has 0 amide bonds. The Balaban J connectivity index is 2.24. The van der Waals surface area contributed by atoms with Crippen molar-refractivity contribution in [3.8, 4) is 6.01 Å². The number of hydrogen-bond acceptors (Lipinski definition) is 9. The first kappa shape index (κ1) is 11.0. The summed E-state index contributed by atoms with van der Waals surface area (Å²) >= 11 is 2.74. The van der Waals surface area contributed by atoms with Crippen molar-refractivity contribution >= 4 is 29.0 Å². The first-order chi connectivity index (χ1) is 7.67. The largest absolute Gasteiger partial charge is 0.467 e. The molecular weight excluding hydrogens is 248 g/mol. The van der Waals surface area contributed by atoms with Gasteiger partial charge in [-0.1, -0.05) is 11.3 Å². The van der Waals surface area contributed by atoms with Gasteiger partial charge in [0.25, 0.3) is 0 Å². The summed E-state index contributed by atoms with van der Waals surface area (Å²) in [6.45, 7) is 1.88. The summed E-state index contributed by atoms with van der Waals surface area (Å²) in [7, 11) is 1.47. The molecule has 16 heavy (non-hydrogen) atoms. The summed E-state index contributed by atoms with van der Waals surface area (Å²) < 4.78 is 5.65. The van der Waals surface area contributed by atoms with Crippen LogP contribution in [0.3, 0.4) is 0 Å². The van der Waals surface area contributed by atoms with Crippen LogP contribution in [0.1, 0.15) is 5.01 Å². The van der Waals surface area contributed by atoms with E-state index in [1.165, 1.54) is 30.2 Å². The van der Waals surface area contributed by atoms with E-state index in [-0.39, 0.29) is 12.0 Å². The summed E-state index contributed by atoms with van der Waals surface area (Å²) in [6.07, 6.45) is 0. The summed E-state index contributed by atoms with van der Waals surface area (Å²) in [5, 5.41) is 9.17. The van der Waals surface area contributed by atoms with E-state index < -0.39 is 0 Å². The van der Waals surface area contributed by atoms with E-state index >= 15 is 0 Å². The molecule has 0 aliphatic heterocycles. The highest BCUT2D eigenvalue weighted by atomic mass is 32.2. The SMILES string of the molecule is COc1nc(N)nc(Sc2nnc(C)s2)n1. The van der Waals surface area contributed by atoms with E-state index in [1.54, 1.807) is 0 Å². The van der Waals surface area contributed by atoms with Crippen molar-refractivity contribution in [1.29, 1.82) is 0 Å². The number of methoxy groups -OCH3 is 1. The number of ether oxygens (including phenoxy) is 1. The normalized spacial score (nSPS) is 10.4. The molecule has 2 aromatic heterocycles. The van der Waals surface area contributed by atoms with Crippen LogP contribution in [-0.2, 0) is 0 Å². The predicted octanol–water partition coefficient (Wildman–Crippen LogP) is 0.774. The zero-order valence-corrected chi connectivity index (χ0v) is 10.2. The van der Waals surface area contributed by atoms with Crippen molar-refractivity contribution in [1.82, 2.24) is 25.1 Å². The number of rotatable bonds is 3. The minimum Gasteiger partial charge on any atom is -0.467 e. The molecule has 0 aromatic carbocycles. The fraction of sp³-hybridized carbons (Fsp3) is 0.286. The van der Waals surface area contributed by atoms with E-state index in [0.29, 0.717) is 5.16 Å². The maximum atomic E-state index is 5.51. The Morgan fingerprint density at radius 1 is 1.25 bits per heavy atom. The summed E-state index contributed by atoms with van der Waals surface area (Å²) in [5.74, 6) is 0.121. The lowest BCUT2D eigenvalue weighted by Crippen LogP contribution is -2.01. The number of anilines is 1. The van der Waals surface area contributed by atoms with Gasteiger partial charge in [-0.3, -0.25) is 0 Å². The second-order valence-electron chi connectivity index (χ2n) is 2.65. The highest BCUT2D eigenvalue weighted by molar-refractivity contribution is 8.00. The summed E-state index contributed by atoms with van der Waals surface area (Å²) in [5.41, 5.74) is 5.51. The van der Waals surface area contributed by atoms with Crippen molar-refractivity contribution in [2.75, 3.05) is 12.8 Å². The van der Waals surface area contributed by atoms with Crippen molar-refractivity contribution in [3.05, 3.63) is 5.01 Å². The topological polar surface area (TPSA) is 99.7 Å². The lowest BCUT2D eigenvalue weighted by Gasteiger charge is -2.00. The molecule has 2 heterocycles. The zero-order valence-electron chi connectivity index (χ0n) is 8.54. The molecule has 0 unspecified atom stereocenters. The number of nitrogens with zero attached hydrogens (tertiary/aromatic N) is 5. The minimum absolute atomic E-state index is 0.121. The maximum absolute atomic E-state index is 5.51. The van der Waals surface area contributed by atoms with Gasteiger partial charge in [-0.25, -0.2) is 0 Å². The van der Waals surface area contributed by atoms with Gasteiger partial charge in [-0.2, -0.15) is 15.0 Å². The molecular formula is C7H8N6OS2. The average Bonchev–Trinajstić information content (AvgIpc) is 2.63. The lowest BCUT2D eigenvalue weighted by atomic mass is 10.9. The van der Waals surface area contributed by atoms with Crippen LogP contribution in [0.4, 0.5) is 5.95 Å². The van der Waals surface area contributed by atoms with Gasteiger partial charge < -0.3 is 10.5 Å². The average molecular weight is 256 g/mol. The van der Waals surface area contributed by atoms with Crippen LogP contribution in [-0.4, -0.2) is 32.3 Å². The van der Waals surface area contributed by atoms with E-state index in [9.17, 15) is 0 Å². The third-order valence-corrected chi connectivity index (χ3v) is 3.24. The zero-order chi connectivity index (χ0) is 11.5. The van der Waals surface area contributed by atoms with Crippen molar-refractivity contribution in [2.24, 2.45) is 0 Å². The quantitative estimate of drug-likeness (QED) is 0.859. The molecule has 0 fully saturated rings. The fourth-order valence-electron chi connectivity index (χ4n) is 0.887. The molecule has 0 spiro atoms. The van der Waals surface area contributed by atoms with Crippen molar-refractivity contribution in [2.45, 2.75) is 16.4 Å². The smallest absolute Gasteiger partial charge is 0.321 e. The van der Waals surface area contributed by atoms with Crippen LogP contribution in [0, 0.1) is 6.92 Å². The maximum Gasteiger partial charge on any atom is 0.321 e. The van der Waals surface area contributed by atoms with Gasteiger partial charge in [0.15, 0.2) is 4.34 Å². The molecule has 84 valence electrons.